The van der Waals surface area contributed by atoms with Gasteiger partial charge >= 0.3 is 23.9 Å². The van der Waals surface area contributed by atoms with Crippen molar-refractivity contribution in [3.63, 3.8) is 0 Å². The Morgan fingerprint density at radius 3 is 0.953 bits per heavy atom. The third-order valence-corrected chi connectivity index (χ3v) is 17.5. The van der Waals surface area contributed by atoms with Gasteiger partial charge in [0.05, 0.1) is 11.1 Å². The van der Waals surface area contributed by atoms with E-state index in [1.165, 1.54) is 51.8 Å². The Labute approximate surface area is 507 Å². The van der Waals surface area contributed by atoms with Gasteiger partial charge in [-0.2, -0.15) is 10.2 Å². The minimum Gasteiger partial charge on any atom is -0.451 e. The van der Waals surface area contributed by atoms with Gasteiger partial charge in [-0.05, 0) is 136 Å². The van der Waals surface area contributed by atoms with E-state index in [4.69, 9.17) is 18.9 Å². The van der Waals surface area contributed by atoms with E-state index in [9.17, 15) is 28.8 Å². The maximum Gasteiger partial charge on any atom is 0.329 e. The zero-order valence-corrected chi connectivity index (χ0v) is 53.0. The second-order valence-corrected chi connectivity index (χ2v) is 25.9. The quantitative estimate of drug-likeness (QED) is 0.0769. The number of carbonyl (C=O) groups is 8. The zero-order valence-electron chi connectivity index (χ0n) is 53.0. The molecule has 86 heavy (non-hydrogen) atoms. The predicted octanol–water partition coefficient (Wildman–Crippen LogP) is 7.91. The fourth-order valence-corrected chi connectivity index (χ4v) is 12.2. The van der Waals surface area contributed by atoms with Gasteiger partial charge in [0.15, 0.2) is 24.4 Å². The molecule has 0 bridgehead atoms. The molecule has 0 N–H and O–H groups in total. The van der Waals surface area contributed by atoms with Gasteiger partial charge < -0.3 is 38.5 Å². The molecule has 1 aliphatic heterocycles. The molecule has 20 heteroatoms. The van der Waals surface area contributed by atoms with E-state index >= 15 is 9.59 Å². The molecule has 2 aromatic heterocycles. The van der Waals surface area contributed by atoms with Gasteiger partial charge in [-0.1, -0.05) is 104 Å². The first kappa shape index (κ1) is 66.2. The number of nitrogens with zero attached hydrogens (tertiary/aromatic N) is 8. The lowest BCUT2D eigenvalue weighted by Gasteiger charge is -2.42. The summed E-state index contributed by atoms with van der Waals surface area (Å²) in [6.45, 7) is 17.7. The van der Waals surface area contributed by atoms with Crippen molar-refractivity contribution in [2.24, 2.45) is 23.7 Å². The number of amides is 4. The fraction of sp³-hybridized carbons (Fsp3) is 0.606. The molecule has 2 aromatic carbocycles. The van der Waals surface area contributed by atoms with E-state index in [0.29, 0.717) is 11.1 Å². The molecular weight excluding hydrogens is 1100 g/mol. The van der Waals surface area contributed by atoms with E-state index in [2.05, 4.69) is 10.2 Å². The number of cyclic esters (lactones) is 4. The minimum atomic E-state index is -1.53. The molecule has 3 fully saturated rings. The van der Waals surface area contributed by atoms with Crippen LogP contribution in [0.5, 0.6) is 0 Å². The second-order valence-electron chi connectivity index (χ2n) is 25.9. The van der Waals surface area contributed by atoms with Crippen molar-refractivity contribution < 1.29 is 57.3 Å². The van der Waals surface area contributed by atoms with Crippen molar-refractivity contribution >= 4 is 47.5 Å². The monoisotopic (exact) mass is 1190 g/mol. The van der Waals surface area contributed by atoms with Crippen molar-refractivity contribution in [2.75, 3.05) is 28.2 Å². The number of aromatic nitrogens is 4. The second kappa shape index (κ2) is 28.4. The summed E-state index contributed by atoms with van der Waals surface area (Å²) >= 11 is 0. The van der Waals surface area contributed by atoms with E-state index in [-0.39, 0.29) is 73.3 Å². The summed E-state index contributed by atoms with van der Waals surface area (Å²) in [5.74, 6) is -7.33. The summed E-state index contributed by atoms with van der Waals surface area (Å²) in [5, 5.41) is 9.12. The number of likely N-dealkylation sites (N-methyl/N-ethyl adjacent to an activating group) is 4. The highest BCUT2D eigenvalue weighted by Crippen LogP contribution is 2.46. The lowest BCUT2D eigenvalue weighted by molar-refractivity contribution is -0.176. The van der Waals surface area contributed by atoms with Gasteiger partial charge in [-0.3, -0.25) is 28.5 Å². The van der Waals surface area contributed by atoms with Crippen LogP contribution in [0.4, 0.5) is 0 Å². The number of ether oxygens (including phenoxy) is 4. The summed E-state index contributed by atoms with van der Waals surface area (Å²) in [7, 11) is 5.64. The smallest absolute Gasteiger partial charge is 0.329 e. The van der Waals surface area contributed by atoms with Crippen molar-refractivity contribution in [1.29, 1.82) is 0 Å². The van der Waals surface area contributed by atoms with Crippen LogP contribution in [0.2, 0.25) is 0 Å². The molecule has 7 rings (SSSR count). The van der Waals surface area contributed by atoms with Crippen LogP contribution in [0.25, 0.3) is 0 Å². The Kier molecular flexibility index (Phi) is 21.9. The molecular formula is C66H92N8O12. The van der Waals surface area contributed by atoms with Crippen molar-refractivity contribution in [1.82, 2.24) is 39.2 Å². The molecule has 0 unspecified atom stereocenters. The highest BCUT2D eigenvalue weighted by Gasteiger charge is 2.45. The van der Waals surface area contributed by atoms with Gasteiger partial charge in [-0.25, -0.2) is 19.2 Å². The van der Waals surface area contributed by atoms with Gasteiger partial charge in [0.25, 0.3) is 23.6 Å². The molecule has 20 nitrogen and oxygen atoms in total. The third kappa shape index (κ3) is 15.1. The van der Waals surface area contributed by atoms with E-state index in [1.54, 1.807) is 12.4 Å². The number of carbonyl (C=O) groups excluding carboxylic acids is 8. The molecule has 4 aromatic rings. The summed E-state index contributed by atoms with van der Waals surface area (Å²) in [6, 6.07) is 14.1. The van der Waals surface area contributed by atoms with E-state index in [1.807, 2.05) is 138 Å². The van der Waals surface area contributed by atoms with Crippen molar-refractivity contribution in [3.8, 4) is 0 Å². The molecule has 3 aliphatic rings. The average Bonchev–Trinajstić information content (AvgIpc) is 3.32. The Morgan fingerprint density at radius 1 is 0.430 bits per heavy atom. The largest absolute Gasteiger partial charge is 0.451 e. The molecule has 2 aliphatic carbocycles. The summed E-state index contributed by atoms with van der Waals surface area (Å²) in [5.41, 5.74) is 2.68. The van der Waals surface area contributed by atoms with Gasteiger partial charge in [0.2, 0.25) is 0 Å². The molecule has 468 valence electrons. The van der Waals surface area contributed by atoms with Crippen LogP contribution in [-0.4, -0.2) is 163 Å². The highest BCUT2D eigenvalue weighted by atomic mass is 16.6. The van der Waals surface area contributed by atoms with Gasteiger partial charge in [-0.15, -0.1) is 0 Å². The molecule has 8 atom stereocenters. The number of hydrogen-bond donors (Lipinski definition) is 0. The Bertz CT molecular complexity index is 2750. The molecule has 1 saturated heterocycles. The highest BCUT2D eigenvalue weighted by molar-refractivity contribution is 5.94. The summed E-state index contributed by atoms with van der Waals surface area (Å²) in [6.07, 6.45) is 7.07. The average molecular weight is 1190 g/mol. The van der Waals surface area contributed by atoms with Crippen LogP contribution in [-0.2, 0) is 81.2 Å². The zero-order chi connectivity index (χ0) is 62.9. The maximum absolute atomic E-state index is 15.2. The van der Waals surface area contributed by atoms with Crippen LogP contribution in [0.15, 0.2) is 85.5 Å². The SMILES string of the molecule is CC(C)C[C@H]1C(=O)O[C@H](Cc2ccc(C3(n4cccn4)CCC3)cc2)C(=O)N(C)[C@@H](CC(C)C)C(=O)O[C@H](C)C(=O)N(C)[C@@H](CC(C)C)C(=O)O[C@H](Cc2ccc(C3(n4cccn4)CCC3)cc2)C(=O)N(C)[C@@H](CC(C)C)C(=O)O[C@H](C)C(=O)N1C. The molecule has 3 heterocycles. The number of rotatable bonds is 16. The topological polar surface area (TPSA) is 222 Å². The maximum atomic E-state index is 15.2. The number of benzene rings is 2. The molecule has 0 radical (unpaired) electrons. The summed E-state index contributed by atoms with van der Waals surface area (Å²) in [4.78, 5) is 123. The lowest BCUT2D eigenvalue weighted by Crippen LogP contribution is -2.55. The van der Waals surface area contributed by atoms with E-state index in [0.717, 1.165) is 59.5 Å². The molecule has 0 spiro atoms. The number of esters is 4. The first-order valence-corrected chi connectivity index (χ1v) is 30.8. The predicted molar refractivity (Wildman–Crippen MR) is 322 cm³/mol. The summed E-state index contributed by atoms with van der Waals surface area (Å²) < 4.78 is 28.4. The normalized spacial score (nSPS) is 25.2. The first-order chi connectivity index (χ1) is 40.7. The Hall–Kier alpha value is -7.38. The first-order valence-electron chi connectivity index (χ1n) is 30.8. The van der Waals surface area contributed by atoms with E-state index < -0.39 is 96.1 Å². The Balaban J connectivity index is 1.26. The van der Waals surface area contributed by atoms with Crippen LogP contribution >= 0.6 is 0 Å². The van der Waals surface area contributed by atoms with Gasteiger partial charge in [0, 0.05) is 65.8 Å². The van der Waals surface area contributed by atoms with Crippen LogP contribution in [0.3, 0.4) is 0 Å². The fourth-order valence-electron chi connectivity index (χ4n) is 12.2. The van der Waals surface area contributed by atoms with Gasteiger partial charge in [0.1, 0.15) is 24.2 Å². The van der Waals surface area contributed by atoms with Crippen LogP contribution in [0.1, 0.15) is 156 Å². The minimum absolute atomic E-state index is 0.0879. The lowest BCUT2D eigenvalue weighted by atomic mass is 9.71. The van der Waals surface area contributed by atoms with Crippen LogP contribution < -0.4 is 0 Å². The van der Waals surface area contributed by atoms with Crippen molar-refractivity contribution in [3.05, 3.63) is 108 Å². The van der Waals surface area contributed by atoms with Crippen LogP contribution in [0, 0.1) is 23.7 Å². The number of hydrogen-bond acceptors (Lipinski definition) is 14. The Morgan fingerprint density at radius 2 is 0.709 bits per heavy atom. The molecule has 2 saturated carbocycles. The van der Waals surface area contributed by atoms with Crippen molar-refractivity contribution in [2.45, 2.75) is 206 Å². The standard InChI is InChI=1S/C66H92N8O12/c1-41(2)35-51-61(79)83-45(9)57(75)69(11)54(38-44(7)8)64(82)86-56(40-48-21-25-50(26-22-48)66(29-16-30-66)74-34-18-32-68-74)60(78)72(14)52(36-42(3)4)62(80)84-46(10)58(76)70(12)53(37-43(5)6)63(81)85-55(59(77)71(51)13)39-47-19-23-49(24-20-47)65(27-15-28-65)73-33-17-31-67-73/h17-26,31-34,41-46,51-56H,15-16,27-30,35-40H2,1-14H3/t45-,46-,51+,52+,53+,54+,55-,56-/m1/s1. The third-order valence-electron chi connectivity index (χ3n) is 17.5. The molecule has 4 amide bonds.